The van der Waals surface area contributed by atoms with Crippen molar-refractivity contribution in [2.75, 3.05) is 6.54 Å². The molecule has 1 amide bonds. The van der Waals surface area contributed by atoms with Gasteiger partial charge >= 0.3 is 0 Å². The fraction of sp³-hybridized carbons (Fsp3) is 0.444. The number of nitrogens with one attached hydrogen (secondary N) is 1. The maximum absolute atomic E-state index is 13.0. The Hall–Kier alpha value is -2.06. The lowest BCUT2D eigenvalue weighted by atomic mass is 10.0. The van der Waals surface area contributed by atoms with Crippen molar-refractivity contribution < 1.29 is 4.79 Å². The standard InChI is InChI=1S/C18H19N5OS2/c24-15(4-3-14-19-6-8-25-14)23-7-5-12-16(21-10-20-12)17(23)18-22-13(9-26-18)11-1-2-11/h6,8-11,17H,1-5,7H2,(H,20,21). The van der Waals surface area contributed by atoms with Gasteiger partial charge in [-0.1, -0.05) is 0 Å². The van der Waals surface area contributed by atoms with E-state index >= 15 is 0 Å². The van der Waals surface area contributed by atoms with Crippen molar-refractivity contribution >= 4 is 28.6 Å². The van der Waals surface area contributed by atoms with E-state index in [4.69, 9.17) is 4.98 Å². The summed E-state index contributed by atoms with van der Waals surface area (Å²) in [4.78, 5) is 31.9. The summed E-state index contributed by atoms with van der Waals surface area (Å²) in [5.74, 6) is 0.776. The van der Waals surface area contributed by atoms with Crippen molar-refractivity contribution in [2.45, 2.75) is 44.1 Å². The Bertz CT molecular complexity index is 912. The van der Waals surface area contributed by atoms with Crippen LogP contribution in [0.2, 0.25) is 0 Å². The van der Waals surface area contributed by atoms with Crippen molar-refractivity contribution in [3.05, 3.63) is 50.4 Å². The molecule has 26 heavy (non-hydrogen) atoms. The zero-order valence-corrected chi connectivity index (χ0v) is 15.9. The topological polar surface area (TPSA) is 74.8 Å². The van der Waals surface area contributed by atoms with Crippen LogP contribution in [0.15, 0.2) is 23.3 Å². The predicted molar refractivity (Wildman–Crippen MR) is 100 cm³/mol. The monoisotopic (exact) mass is 385 g/mol. The number of H-pyrrole nitrogens is 1. The first-order valence-electron chi connectivity index (χ1n) is 8.95. The smallest absolute Gasteiger partial charge is 0.223 e. The number of aromatic nitrogens is 4. The Kier molecular flexibility index (Phi) is 4.09. The molecule has 1 aliphatic carbocycles. The fourth-order valence-electron chi connectivity index (χ4n) is 3.52. The lowest BCUT2D eigenvalue weighted by Crippen LogP contribution is -2.40. The quantitative estimate of drug-likeness (QED) is 0.731. The zero-order valence-electron chi connectivity index (χ0n) is 14.2. The minimum atomic E-state index is -0.161. The molecule has 0 bridgehead atoms. The number of hydrogen-bond donors (Lipinski definition) is 1. The van der Waals surface area contributed by atoms with Crippen LogP contribution in [0.3, 0.4) is 0 Å². The van der Waals surface area contributed by atoms with E-state index in [2.05, 4.69) is 20.3 Å². The van der Waals surface area contributed by atoms with Gasteiger partial charge in [-0.25, -0.2) is 15.0 Å². The van der Waals surface area contributed by atoms with Crippen LogP contribution in [-0.2, 0) is 17.6 Å². The lowest BCUT2D eigenvalue weighted by molar-refractivity contribution is -0.133. The summed E-state index contributed by atoms with van der Waals surface area (Å²) in [5, 5.41) is 6.11. The summed E-state index contributed by atoms with van der Waals surface area (Å²) >= 11 is 3.26. The molecular weight excluding hydrogens is 366 g/mol. The molecule has 3 aromatic rings. The molecular formula is C18H19N5OS2. The van der Waals surface area contributed by atoms with Gasteiger partial charge in [-0.05, 0) is 12.8 Å². The van der Waals surface area contributed by atoms with E-state index in [1.165, 1.54) is 18.5 Å². The second-order valence-electron chi connectivity index (χ2n) is 6.82. The molecule has 134 valence electrons. The second kappa shape index (κ2) is 6.59. The van der Waals surface area contributed by atoms with Gasteiger partial charge in [-0.15, -0.1) is 22.7 Å². The maximum Gasteiger partial charge on any atom is 0.223 e. The number of thiazole rings is 2. The number of carbonyl (C=O) groups is 1. The van der Waals surface area contributed by atoms with Crippen molar-refractivity contribution in [1.29, 1.82) is 0 Å². The third-order valence-corrected chi connectivity index (χ3v) is 6.81. The normalized spacial score (nSPS) is 19.5. The number of aryl methyl sites for hydroxylation is 1. The summed E-state index contributed by atoms with van der Waals surface area (Å²) in [6.45, 7) is 0.703. The van der Waals surface area contributed by atoms with E-state index in [1.54, 1.807) is 35.2 Å². The molecule has 0 spiro atoms. The van der Waals surface area contributed by atoms with E-state index < -0.39 is 0 Å². The molecule has 1 fully saturated rings. The number of carbonyl (C=O) groups excluding carboxylic acids is 1. The molecule has 1 N–H and O–H groups in total. The summed E-state index contributed by atoms with van der Waals surface area (Å²) in [5.41, 5.74) is 3.26. The number of nitrogens with zero attached hydrogens (tertiary/aromatic N) is 4. The van der Waals surface area contributed by atoms with Gasteiger partial charge in [-0.2, -0.15) is 0 Å². The lowest BCUT2D eigenvalue weighted by Gasteiger charge is -2.33. The van der Waals surface area contributed by atoms with Gasteiger partial charge < -0.3 is 9.88 Å². The molecule has 1 unspecified atom stereocenters. The highest BCUT2D eigenvalue weighted by atomic mass is 32.1. The van der Waals surface area contributed by atoms with E-state index in [1.807, 2.05) is 10.3 Å². The summed E-state index contributed by atoms with van der Waals surface area (Å²) in [6, 6.07) is -0.161. The van der Waals surface area contributed by atoms with Crippen LogP contribution in [-0.4, -0.2) is 37.3 Å². The predicted octanol–water partition coefficient (Wildman–Crippen LogP) is 3.31. The van der Waals surface area contributed by atoms with Crippen molar-refractivity contribution in [3.63, 3.8) is 0 Å². The highest BCUT2D eigenvalue weighted by Crippen LogP contribution is 2.42. The van der Waals surface area contributed by atoms with Crippen molar-refractivity contribution in [2.24, 2.45) is 0 Å². The molecule has 1 atom stereocenters. The maximum atomic E-state index is 13.0. The SMILES string of the molecule is O=C(CCc1nccs1)N1CCc2[nH]cnc2C1c1nc(C2CC2)cs1. The molecule has 1 aliphatic heterocycles. The molecule has 0 radical (unpaired) electrons. The highest BCUT2D eigenvalue weighted by Gasteiger charge is 2.36. The fourth-order valence-corrected chi connectivity index (χ4v) is 5.16. The number of fused-ring (bicyclic) bond motifs is 1. The van der Waals surface area contributed by atoms with Gasteiger partial charge in [0.1, 0.15) is 11.0 Å². The zero-order chi connectivity index (χ0) is 17.5. The van der Waals surface area contributed by atoms with Crippen LogP contribution < -0.4 is 0 Å². The number of aromatic amines is 1. The van der Waals surface area contributed by atoms with Crippen LogP contribution in [0.5, 0.6) is 0 Å². The van der Waals surface area contributed by atoms with E-state index in [9.17, 15) is 4.79 Å². The Balaban J connectivity index is 1.42. The average Bonchev–Trinajstić information content (AvgIpc) is 3.11. The minimum Gasteiger partial charge on any atom is -0.348 e. The van der Waals surface area contributed by atoms with Crippen LogP contribution in [0.4, 0.5) is 0 Å². The number of rotatable bonds is 5. The van der Waals surface area contributed by atoms with E-state index in [0.29, 0.717) is 25.3 Å². The Morgan fingerprint density at radius 3 is 3.04 bits per heavy atom. The summed E-state index contributed by atoms with van der Waals surface area (Å²) in [7, 11) is 0. The molecule has 0 saturated heterocycles. The van der Waals surface area contributed by atoms with Crippen LogP contribution in [0, 0.1) is 0 Å². The first-order chi connectivity index (χ1) is 12.8. The molecule has 2 aliphatic rings. The summed E-state index contributed by atoms with van der Waals surface area (Å²) < 4.78 is 0. The minimum absolute atomic E-state index is 0.155. The largest absolute Gasteiger partial charge is 0.348 e. The number of hydrogen-bond acceptors (Lipinski definition) is 6. The van der Waals surface area contributed by atoms with Crippen molar-refractivity contribution in [1.82, 2.24) is 24.8 Å². The molecule has 3 aromatic heterocycles. The van der Waals surface area contributed by atoms with Gasteiger partial charge in [0.05, 0.1) is 22.7 Å². The van der Waals surface area contributed by atoms with Gasteiger partial charge in [0.25, 0.3) is 0 Å². The summed E-state index contributed by atoms with van der Waals surface area (Å²) in [6.07, 6.45) is 7.98. The van der Waals surface area contributed by atoms with Crippen LogP contribution in [0.25, 0.3) is 0 Å². The molecule has 1 saturated carbocycles. The molecule has 8 heteroatoms. The highest BCUT2D eigenvalue weighted by molar-refractivity contribution is 7.10. The molecule has 6 nitrogen and oxygen atoms in total. The van der Waals surface area contributed by atoms with Gasteiger partial charge in [-0.3, -0.25) is 4.79 Å². The Morgan fingerprint density at radius 2 is 2.23 bits per heavy atom. The van der Waals surface area contributed by atoms with Gasteiger partial charge in [0.2, 0.25) is 5.91 Å². The van der Waals surface area contributed by atoms with Crippen LogP contribution in [0.1, 0.15) is 58.3 Å². The Morgan fingerprint density at radius 1 is 1.31 bits per heavy atom. The first kappa shape index (κ1) is 16.1. The third-order valence-electron chi connectivity index (χ3n) is 5.05. The first-order valence-corrected chi connectivity index (χ1v) is 10.7. The molecule has 5 rings (SSSR count). The van der Waals surface area contributed by atoms with E-state index in [-0.39, 0.29) is 11.9 Å². The molecule has 0 aromatic carbocycles. The van der Waals surface area contributed by atoms with Crippen molar-refractivity contribution in [3.8, 4) is 0 Å². The van der Waals surface area contributed by atoms with Gasteiger partial charge in [0, 0.05) is 54.4 Å². The third kappa shape index (κ3) is 2.97. The van der Waals surface area contributed by atoms with Gasteiger partial charge in [0.15, 0.2) is 0 Å². The number of imidazole rings is 1. The molecule has 4 heterocycles. The number of amides is 1. The second-order valence-corrected chi connectivity index (χ2v) is 8.69. The van der Waals surface area contributed by atoms with Crippen LogP contribution >= 0.6 is 22.7 Å². The average molecular weight is 386 g/mol. The Labute approximate surface area is 159 Å². The van der Waals surface area contributed by atoms with E-state index in [0.717, 1.165) is 27.8 Å².